The van der Waals surface area contributed by atoms with Gasteiger partial charge in [0.1, 0.15) is 17.3 Å². The Morgan fingerprint density at radius 3 is 2.14 bits per heavy atom. The molecule has 5 rings (SSSR count). The average Bonchev–Trinajstić information content (AvgIpc) is 3.24. The number of para-hydroxylation sites is 1. The van der Waals surface area contributed by atoms with E-state index in [0.717, 1.165) is 30.0 Å². The molecule has 1 amide bonds. The van der Waals surface area contributed by atoms with Gasteiger partial charge in [-0.3, -0.25) is 9.36 Å². The first-order valence-electron chi connectivity index (χ1n) is 12.5. The summed E-state index contributed by atoms with van der Waals surface area (Å²) in [6.45, 7) is 4.29. The number of hydrogen-bond donors (Lipinski definition) is 0. The SMILES string of the molecule is CCn1c(C2CCN(C(=O)c3ccc(Oc4ccccc4)cc3)CC2)nn(Cc2ccccc2)c1=O. The highest BCUT2D eigenvalue weighted by Gasteiger charge is 2.28. The van der Waals surface area contributed by atoms with E-state index in [-0.39, 0.29) is 17.5 Å². The number of likely N-dealkylation sites (tertiary alicyclic amines) is 1. The van der Waals surface area contributed by atoms with Crippen LogP contribution in [-0.2, 0) is 13.1 Å². The number of ether oxygens (including phenoxy) is 1. The Labute approximate surface area is 210 Å². The van der Waals surface area contributed by atoms with Crippen LogP contribution in [0.4, 0.5) is 0 Å². The van der Waals surface area contributed by atoms with Crippen molar-refractivity contribution < 1.29 is 9.53 Å². The van der Waals surface area contributed by atoms with Gasteiger partial charge in [-0.25, -0.2) is 9.48 Å². The maximum absolute atomic E-state index is 13.1. The van der Waals surface area contributed by atoms with Crippen molar-refractivity contribution in [3.63, 3.8) is 0 Å². The van der Waals surface area contributed by atoms with E-state index in [1.54, 1.807) is 9.25 Å². The third-order valence-electron chi connectivity index (χ3n) is 6.67. The van der Waals surface area contributed by atoms with Gasteiger partial charge < -0.3 is 9.64 Å². The van der Waals surface area contributed by atoms with Crippen molar-refractivity contribution in [2.45, 2.75) is 38.8 Å². The molecule has 0 radical (unpaired) electrons. The molecule has 0 saturated carbocycles. The number of carbonyl (C=O) groups is 1. The number of hydrogen-bond acceptors (Lipinski definition) is 4. The predicted molar refractivity (Wildman–Crippen MR) is 139 cm³/mol. The number of benzene rings is 3. The van der Waals surface area contributed by atoms with Crippen LogP contribution in [0.25, 0.3) is 0 Å². The molecule has 4 aromatic rings. The lowest BCUT2D eigenvalue weighted by atomic mass is 9.95. The van der Waals surface area contributed by atoms with Crippen LogP contribution >= 0.6 is 0 Å². The van der Waals surface area contributed by atoms with E-state index >= 15 is 0 Å². The Morgan fingerprint density at radius 1 is 0.889 bits per heavy atom. The standard InChI is InChI=1S/C29H30N4O3/c1-2-32-27(30-33(29(32)35)21-22-9-5-3-6-10-22)23-17-19-31(20-18-23)28(34)24-13-15-26(16-14-24)36-25-11-7-4-8-12-25/h3-16,23H,2,17-21H2,1H3. The number of nitrogens with zero attached hydrogens (tertiary/aromatic N) is 4. The molecule has 0 N–H and O–H groups in total. The molecule has 1 fully saturated rings. The van der Waals surface area contributed by atoms with Gasteiger partial charge in [-0.15, -0.1) is 0 Å². The van der Waals surface area contributed by atoms with Gasteiger partial charge in [0.05, 0.1) is 6.54 Å². The molecule has 1 aliphatic heterocycles. The smallest absolute Gasteiger partial charge is 0.346 e. The number of rotatable bonds is 7. The molecule has 1 saturated heterocycles. The second-order valence-electron chi connectivity index (χ2n) is 9.03. The maximum Gasteiger partial charge on any atom is 0.346 e. The zero-order chi connectivity index (χ0) is 24.9. The monoisotopic (exact) mass is 482 g/mol. The first-order valence-corrected chi connectivity index (χ1v) is 12.5. The van der Waals surface area contributed by atoms with E-state index in [1.807, 2.05) is 96.8 Å². The summed E-state index contributed by atoms with van der Waals surface area (Å²) in [5, 5.41) is 4.72. The topological polar surface area (TPSA) is 69.4 Å². The normalized spacial score (nSPS) is 14.1. The summed E-state index contributed by atoms with van der Waals surface area (Å²) in [7, 11) is 0. The molecule has 0 unspecified atom stereocenters. The molecule has 36 heavy (non-hydrogen) atoms. The van der Waals surface area contributed by atoms with E-state index in [4.69, 9.17) is 9.84 Å². The summed E-state index contributed by atoms with van der Waals surface area (Å²) in [6.07, 6.45) is 1.56. The predicted octanol–water partition coefficient (Wildman–Crippen LogP) is 4.93. The van der Waals surface area contributed by atoms with E-state index in [2.05, 4.69) is 0 Å². The fraction of sp³-hybridized carbons (Fsp3) is 0.276. The molecule has 0 atom stereocenters. The highest BCUT2D eigenvalue weighted by atomic mass is 16.5. The van der Waals surface area contributed by atoms with Gasteiger partial charge in [0.15, 0.2) is 0 Å². The van der Waals surface area contributed by atoms with Gasteiger partial charge in [0.25, 0.3) is 5.91 Å². The van der Waals surface area contributed by atoms with Gasteiger partial charge in [-0.1, -0.05) is 48.5 Å². The van der Waals surface area contributed by atoms with Gasteiger partial charge in [0.2, 0.25) is 0 Å². The van der Waals surface area contributed by atoms with Crippen LogP contribution in [0.3, 0.4) is 0 Å². The molecule has 0 aliphatic carbocycles. The van der Waals surface area contributed by atoms with Gasteiger partial charge in [0, 0.05) is 31.1 Å². The Morgan fingerprint density at radius 2 is 1.50 bits per heavy atom. The van der Waals surface area contributed by atoms with Crippen molar-refractivity contribution >= 4 is 5.91 Å². The van der Waals surface area contributed by atoms with Crippen molar-refractivity contribution in [1.29, 1.82) is 0 Å². The number of amides is 1. The highest BCUT2D eigenvalue weighted by molar-refractivity contribution is 5.94. The van der Waals surface area contributed by atoms with E-state index in [0.29, 0.717) is 37.5 Å². The Hall–Kier alpha value is -4.13. The van der Waals surface area contributed by atoms with Crippen molar-refractivity contribution in [1.82, 2.24) is 19.2 Å². The largest absolute Gasteiger partial charge is 0.457 e. The molecule has 1 aromatic heterocycles. The first-order chi connectivity index (χ1) is 17.6. The quantitative estimate of drug-likeness (QED) is 0.375. The van der Waals surface area contributed by atoms with Gasteiger partial charge in [-0.2, -0.15) is 5.10 Å². The minimum atomic E-state index is -0.0762. The highest BCUT2D eigenvalue weighted by Crippen LogP contribution is 2.28. The minimum absolute atomic E-state index is 0.0159. The van der Waals surface area contributed by atoms with Crippen LogP contribution in [0.2, 0.25) is 0 Å². The number of carbonyl (C=O) groups excluding carboxylic acids is 1. The van der Waals surface area contributed by atoms with Gasteiger partial charge in [-0.05, 0) is 61.7 Å². The summed E-state index contributed by atoms with van der Waals surface area (Å²) >= 11 is 0. The molecule has 2 heterocycles. The lowest BCUT2D eigenvalue weighted by Gasteiger charge is -2.31. The van der Waals surface area contributed by atoms with Crippen LogP contribution < -0.4 is 10.4 Å². The zero-order valence-electron chi connectivity index (χ0n) is 20.4. The molecule has 3 aromatic carbocycles. The fourth-order valence-corrected chi connectivity index (χ4v) is 4.73. The second kappa shape index (κ2) is 10.6. The second-order valence-corrected chi connectivity index (χ2v) is 9.03. The number of aromatic nitrogens is 3. The van der Waals surface area contributed by atoms with Crippen LogP contribution in [0, 0.1) is 0 Å². The Kier molecular flexibility index (Phi) is 6.98. The molecule has 184 valence electrons. The minimum Gasteiger partial charge on any atom is -0.457 e. The summed E-state index contributed by atoms with van der Waals surface area (Å²) in [6, 6.07) is 26.7. The average molecular weight is 483 g/mol. The van der Waals surface area contributed by atoms with Crippen LogP contribution in [-0.4, -0.2) is 38.2 Å². The molecule has 7 nitrogen and oxygen atoms in total. The van der Waals surface area contributed by atoms with Crippen molar-refractivity contribution in [2.75, 3.05) is 13.1 Å². The fourth-order valence-electron chi connectivity index (χ4n) is 4.73. The molecule has 1 aliphatic rings. The van der Waals surface area contributed by atoms with E-state index in [1.165, 1.54) is 0 Å². The molecule has 0 spiro atoms. The molecular formula is C29H30N4O3. The third-order valence-corrected chi connectivity index (χ3v) is 6.67. The summed E-state index contributed by atoms with van der Waals surface area (Å²) < 4.78 is 9.17. The lowest BCUT2D eigenvalue weighted by Crippen LogP contribution is -2.38. The van der Waals surface area contributed by atoms with Crippen molar-refractivity contribution in [2.24, 2.45) is 0 Å². The number of piperidine rings is 1. The summed E-state index contributed by atoms with van der Waals surface area (Å²) in [4.78, 5) is 28.0. The van der Waals surface area contributed by atoms with Gasteiger partial charge >= 0.3 is 5.69 Å². The molecular weight excluding hydrogens is 452 g/mol. The van der Waals surface area contributed by atoms with Crippen LogP contribution in [0.15, 0.2) is 89.7 Å². The van der Waals surface area contributed by atoms with Crippen molar-refractivity contribution in [3.8, 4) is 11.5 Å². The van der Waals surface area contributed by atoms with Crippen LogP contribution in [0.1, 0.15) is 47.4 Å². The Bertz CT molecular complexity index is 1350. The Balaban J connectivity index is 1.23. The zero-order valence-corrected chi connectivity index (χ0v) is 20.4. The maximum atomic E-state index is 13.1. The van der Waals surface area contributed by atoms with E-state index in [9.17, 15) is 9.59 Å². The van der Waals surface area contributed by atoms with Crippen molar-refractivity contribution in [3.05, 3.63) is 112 Å². The van der Waals surface area contributed by atoms with E-state index < -0.39 is 0 Å². The molecule has 0 bridgehead atoms. The first kappa shape index (κ1) is 23.6. The summed E-state index contributed by atoms with van der Waals surface area (Å²) in [5.74, 6) is 2.45. The third kappa shape index (κ3) is 5.10. The summed E-state index contributed by atoms with van der Waals surface area (Å²) in [5.41, 5.74) is 1.62. The molecule has 7 heteroatoms. The van der Waals surface area contributed by atoms with Crippen LogP contribution in [0.5, 0.6) is 11.5 Å². The lowest BCUT2D eigenvalue weighted by molar-refractivity contribution is 0.0710.